The summed E-state index contributed by atoms with van der Waals surface area (Å²) in [5, 5.41) is 0. The Morgan fingerprint density at radius 1 is 1.09 bits per heavy atom. The summed E-state index contributed by atoms with van der Waals surface area (Å²) >= 11 is 0. The van der Waals surface area contributed by atoms with Crippen LogP contribution < -0.4 is 10.5 Å². The average Bonchev–Trinajstić information content (AvgIpc) is 2.85. The van der Waals surface area contributed by atoms with Gasteiger partial charge < -0.3 is 10.5 Å². The Morgan fingerprint density at radius 2 is 1.86 bits per heavy atom. The van der Waals surface area contributed by atoms with Gasteiger partial charge in [0, 0.05) is 0 Å². The zero-order valence-electron chi connectivity index (χ0n) is 12.8. The summed E-state index contributed by atoms with van der Waals surface area (Å²) in [6.07, 6.45) is 2.97. The molecule has 0 atom stereocenters. The van der Waals surface area contributed by atoms with Gasteiger partial charge in [0.2, 0.25) is 0 Å². The molecule has 0 saturated carbocycles. The van der Waals surface area contributed by atoms with Crippen molar-refractivity contribution in [3.05, 3.63) is 70.8 Å². The number of methoxy groups -OCH3 is 1. The van der Waals surface area contributed by atoms with Crippen LogP contribution in [0.2, 0.25) is 0 Å². The van der Waals surface area contributed by atoms with Gasteiger partial charge in [-0.25, -0.2) is 0 Å². The van der Waals surface area contributed by atoms with E-state index >= 15 is 0 Å². The number of fused-ring (bicyclic) bond motifs is 1. The quantitative estimate of drug-likeness (QED) is 0.904. The third-order valence-electron chi connectivity index (χ3n) is 4.13. The van der Waals surface area contributed by atoms with Crippen molar-refractivity contribution in [1.29, 1.82) is 0 Å². The summed E-state index contributed by atoms with van der Waals surface area (Å²) < 4.78 is 5.37. The lowest BCUT2D eigenvalue weighted by molar-refractivity contribution is 0.414. The maximum atomic E-state index is 5.83. The Bertz CT molecular complexity index is 664. The minimum absolute atomic E-state index is 0. The molecule has 1 aliphatic carbocycles. The van der Waals surface area contributed by atoms with Crippen molar-refractivity contribution < 1.29 is 4.74 Å². The molecule has 0 spiro atoms. The summed E-state index contributed by atoms with van der Waals surface area (Å²) in [5.74, 6) is 0.921. The van der Waals surface area contributed by atoms with Crippen LogP contribution in [0.25, 0.3) is 5.57 Å². The molecule has 0 aliphatic heterocycles. The highest BCUT2D eigenvalue weighted by atomic mass is 35.5. The zero-order valence-corrected chi connectivity index (χ0v) is 13.7. The molecule has 3 rings (SSSR count). The number of ether oxygens (including phenoxy) is 1. The van der Waals surface area contributed by atoms with Crippen molar-refractivity contribution in [3.63, 3.8) is 0 Å². The molecule has 2 nitrogen and oxygen atoms in total. The molecule has 0 heterocycles. The van der Waals surface area contributed by atoms with E-state index in [1.165, 1.54) is 27.8 Å². The fourth-order valence-corrected chi connectivity index (χ4v) is 3.11. The van der Waals surface area contributed by atoms with Crippen LogP contribution in [0.15, 0.2) is 54.1 Å². The lowest BCUT2D eigenvalue weighted by atomic mass is 9.98. The first-order valence-corrected chi connectivity index (χ1v) is 7.44. The van der Waals surface area contributed by atoms with Gasteiger partial charge in [-0.05, 0) is 60.2 Å². The van der Waals surface area contributed by atoms with E-state index in [1.807, 2.05) is 6.07 Å². The number of nitrogens with two attached hydrogens (primary N) is 1. The van der Waals surface area contributed by atoms with Crippen molar-refractivity contribution in [1.82, 2.24) is 0 Å². The van der Waals surface area contributed by atoms with Crippen molar-refractivity contribution >= 4 is 18.0 Å². The Hall–Kier alpha value is -1.77. The SMILES string of the molecule is COc1ccc2c(c1)C(CCN)=C(Cc1ccccc1)C2.Cl. The minimum Gasteiger partial charge on any atom is -0.497 e. The number of allylic oxidation sites excluding steroid dienone is 1. The van der Waals surface area contributed by atoms with E-state index in [-0.39, 0.29) is 12.4 Å². The Balaban J connectivity index is 0.00000176. The van der Waals surface area contributed by atoms with Crippen LogP contribution in [0.4, 0.5) is 0 Å². The summed E-state index contributed by atoms with van der Waals surface area (Å²) in [5.41, 5.74) is 12.8. The summed E-state index contributed by atoms with van der Waals surface area (Å²) in [7, 11) is 1.72. The van der Waals surface area contributed by atoms with Crippen LogP contribution in [0.1, 0.15) is 23.1 Å². The molecule has 116 valence electrons. The molecule has 3 heteroatoms. The minimum atomic E-state index is 0. The van der Waals surface area contributed by atoms with Crippen molar-refractivity contribution in [2.45, 2.75) is 19.3 Å². The van der Waals surface area contributed by atoms with Crippen LogP contribution in [0.3, 0.4) is 0 Å². The summed E-state index contributed by atoms with van der Waals surface area (Å²) in [6.45, 7) is 0.685. The first-order valence-electron chi connectivity index (χ1n) is 7.44. The monoisotopic (exact) mass is 315 g/mol. The van der Waals surface area contributed by atoms with E-state index in [2.05, 4.69) is 42.5 Å². The van der Waals surface area contributed by atoms with Crippen molar-refractivity contribution in [3.8, 4) is 5.75 Å². The van der Waals surface area contributed by atoms with Gasteiger partial charge in [-0.2, -0.15) is 0 Å². The van der Waals surface area contributed by atoms with Gasteiger partial charge in [0.15, 0.2) is 0 Å². The highest BCUT2D eigenvalue weighted by molar-refractivity contribution is 5.85. The second-order valence-corrected chi connectivity index (χ2v) is 5.48. The molecule has 0 fully saturated rings. The van der Waals surface area contributed by atoms with Crippen molar-refractivity contribution in [2.75, 3.05) is 13.7 Å². The fourth-order valence-electron chi connectivity index (χ4n) is 3.11. The first-order chi connectivity index (χ1) is 10.3. The second-order valence-electron chi connectivity index (χ2n) is 5.48. The standard InChI is InChI=1S/C19H21NO.ClH/c1-21-17-8-7-15-12-16(11-14-5-3-2-4-6-14)18(9-10-20)19(15)13-17;/h2-8,13H,9-12,20H2,1H3;1H. The first kappa shape index (κ1) is 16.6. The molecule has 0 amide bonds. The zero-order chi connectivity index (χ0) is 14.7. The van der Waals surface area contributed by atoms with Gasteiger partial charge in [-0.1, -0.05) is 42.0 Å². The highest BCUT2D eigenvalue weighted by Crippen LogP contribution is 2.38. The molecule has 0 aromatic heterocycles. The molecule has 1 aliphatic rings. The summed E-state index contributed by atoms with van der Waals surface area (Å²) in [4.78, 5) is 0. The normalized spacial score (nSPS) is 12.8. The Kier molecular flexibility index (Phi) is 5.64. The molecule has 2 aromatic carbocycles. The molecule has 0 bridgehead atoms. The average molecular weight is 316 g/mol. The molecule has 0 unspecified atom stereocenters. The van der Waals surface area contributed by atoms with Crippen LogP contribution in [-0.4, -0.2) is 13.7 Å². The number of rotatable bonds is 5. The van der Waals surface area contributed by atoms with E-state index in [9.17, 15) is 0 Å². The van der Waals surface area contributed by atoms with Gasteiger partial charge in [0.25, 0.3) is 0 Å². The predicted octanol–water partition coefficient (Wildman–Crippen LogP) is 4.02. The lowest BCUT2D eigenvalue weighted by Crippen LogP contribution is -2.01. The second kappa shape index (κ2) is 7.48. The molecule has 0 radical (unpaired) electrons. The molecule has 22 heavy (non-hydrogen) atoms. The van der Waals surface area contributed by atoms with Gasteiger partial charge in [-0.3, -0.25) is 0 Å². The van der Waals surface area contributed by atoms with Crippen LogP contribution >= 0.6 is 12.4 Å². The van der Waals surface area contributed by atoms with Gasteiger partial charge >= 0.3 is 0 Å². The third kappa shape index (κ3) is 3.34. The highest BCUT2D eigenvalue weighted by Gasteiger charge is 2.21. The van der Waals surface area contributed by atoms with E-state index in [4.69, 9.17) is 10.5 Å². The fraction of sp³-hybridized carbons (Fsp3) is 0.263. The predicted molar refractivity (Wildman–Crippen MR) is 94.7 cm³/mol. The molecule has 0 saturated heterocycles. The maximum Gasteiger partial charge on any atom is 0.119 e. The van der Waals surface area contributed by atoms with Crippen LogP contribution in [-0.2, 0) is 12.8 Å². The van der Waals surface area contributed by atoms with Crippen LogP contribution in [0, 0.1) is 0 Å². The van der Waals surface area contributed by atoms with E-state index < -0.39 is 0 Å². The number of halogens is 1. The summed E-state index contributed by atoms with van der Waals surface area (Å²) in [6, 6.07) is 17.0. The van der Waals surface area contributed by atoms with Gasteiger partial charge in [0.05, 0.1) is 7.11 Å². The van der Waals surface area contributed by atoms with Crippen molar-refractivity contribution in [2.24, 2.45) is 5.73 Å². The lowest BCUT2D eigenvalue weighted by Gasteiger charge is -2.09. The van der Waals surface area contributed by atoms with Gasteiger partial charge in [0.1, 0.15) is 5.75 Å². The maximum absolute atomic E-state index is 5.83. The number of hydrogen-bond donors (Lipinski definition) is 1. The number of hydrogen-bond acceptors (Lipinski definition) is 2. The number of benzene rings is 2. The Labute approximate surface area is 138 Å². The molecule has 2 aromatic rings. The van der Waals surface area contributed by atoms with Gasteiger partial charge in [-0.15, -0.1) is 12.4 Å². The van der Waals surface area contributed by atoms with Crippen LogP contribution in [0.5, 0.6) is 5.75 Å². The van der Waals surface area contributed by atoms with E-state index in [1.54, 1.807) is 7.11 Å². The molecular weight excluding hydrogens is 294 g/mol. The molecule has 2 N–H and O–H groups in total. The van der Waals surface area contributed by atoms with E-state index in [0.717, 1.165) is 25.0 Å². The smallest absolute Gasteiger partial charge is 0.119 e. The topological polar surface area (TPSA) is 35.2 Å². The third-order valence-corrected chi connectivity index (χ3v) is 4.13. The largest absolute Gasteiger partial charge is 0.497 e. The van der Waals surface area contributed by atoms with E-state index in [0.29, 0.717) is 6.54 Å². The Morgan fingerprint density at radius 3 is 2.55 bits per heavy atom. The molecular formula is C19H22ClNO.